The Hall–Kier alpha value is -1.57. The van der Waals surface area contributed by atoms with Gasteiger partial charge in [-0.3, -0.25) is 4.90 Å². The summed E-state index contributed by atoms with van der Waals surface area (Å²) in [7, 11) is 5.56. The zero-order valence-corrected chi connectivity index (χ0v) is 12.7. The van der Waals surface area contributed by atoms with E-state index in [2.05, 4.69) is 39.2 Å². The summed E-state index contributed by atoms with van der Waals surface area (Å²) in [6.07, 6.45) is 0. The molecule has 2 aliphatic heterocycles. The number of ether oxygens (including phenoxy) is 1. The molecule has 114 valence electrons. The van der Waals surface area contributed by atoms with Crippen LogP contribution in [0.25, 0.3) is 0 Å². The number of nitrogens with one attached hydrogen (secondary N) is 1. The molecule has 21 heavy (non-hydrogen) atoms. The lowest BCUT2D eigenvalue weighted by molar-refractivity contribution is 0.0589. The SMILES string of the molecule is COC(=O)c1nc(C2CN(C)CCN2C)nc2c1CNC2. The first-order valence-corrected chi connectivity index (χ1v) is 7.17. The van der Waals surface area contributed by atoms with Crippen LogP contribution in [-0.2, 0) is 17.8 Å². The first-order valence-electron chi connectivity index (χ1n) is 7.17. The second kappa shape index (κ2) is 5.67. The number of hydrogen-bond acceptors (Lipinski definition) is 7. The van der Waals surface area contributed by atoms with Gasteiger partial charge in [0, 0.05) is 38.3 Å². The normalized spacial score (nSPS) is 23.1. The minimum atomic E-state index is -0.384. The first-order chi connectivity index (χ1) is 10.1. The van der Waals surface area contributed by atoms with Gasteiger partial charge in [-0.05, 0) is 14.1 Å². The molecule has 1 N–H and O–H groups in total. The second-order valence-electron chi connectivity index (χ2n) is 5.71. The number of likely N-dealkylation sites (N-methyl/N-ethyl adjacent to an activating group) is 2. The molecule has 0 bridgehead atoms. The number of carbonyl (C=O) groups is 1. The predicted octanol–water partition coefficient (Wildman–Crippen LogP) is -0.215. The van der Waals surface area contributed by atoms with Crippen molar-refractivity contribution >= 4 is 5.97 Å². The second-order valence-corrected chi connectivity index (χ2v) is 5.71. The van der Waals surface area contributed by atoms with Crippen LogP contribution in [0.5, 0.6) is 0 Å². The fourth-order valence-corrected chi connectivity index (χ4v) is 2.89. The van der Waals surface area contributed by atoms with Crippen molar-refractivity contribution in [1.82, 2.24) is 25.1 Å². The van der Waals surface area contributed by atoms with Crippen LogP contribution in [0, 0.1) is 0 Å². The summed E-state index contributed by atoms with van der Waals surface area (Å²) < 4.78 is 4.87. The lowest BCUT2D eigenvalue weighted by atomic mass is 10.1. The highest BCUT2D eigenvalue weighted by molar-refractivity contribution is 5.89. The lowest BCUT2D eigenvalue weighted by Crippen LogP contribution is -2.45. The predicted molar refractivity (Wildman–Crippen MR) is 76.8 cm³/mol. The van der Waals surface area contributed by atoms with Gasteiger partial charge in [0.15, 0.2) is 5.69 Å². The van der Waals surface area contributed by atoms with E-state index in [0.717, 1.165) is 30.9 Å². The molecule has 1 saturated heterocycles. The van der Waals surface area contributed by atoms with Crippen molar-refractivity contribution in [2.24, 2.45) is 0 Å². The molecule has 0 aromatic carbocycles. The number of rotatable bonds is 2. The largest absolute Gasteiger partial charge is 0.464 e. The van der Waals surface area contributed by atoms with Gasteiger partial charge in [0.25, 0.3) is 0 Å². The molecule has 0 spiro atoms. The number of nitrogens with zero attached hydrogens (tertiary/aromatic N) is 4. The van der Waals surface area contributed by atoms with Crippen LogP contribution in [0.3, 0.4) is 0 Å². The Morgan fingerprint density at radius 1 is 1.29 bits per heavy atom. The molecule has 7 nitrogen and oxygen atoms in total. The number of carbonyl (C=O) groups excluding carboxylic acids is 1. The Morgan fingerprint density at radius 3 is 2.86 bits per heavy atom. The van der Waals surface area contributed by atoms with E-state index in [-0.39, 0.29) is 12.0 Å². The van der Waals surface area contributed by atoms with E-state index in [9.17, 15) is 4.79 Å². The Balaban J connectivity index is 2.01. The highest BCUT2D eigenvalue weighted by Gasteiger charge is 2.30. The highest BCUT2D eigenvalue weighted by Crippen LogP contribution is 2.25. The zero-order valence-electron chi connectivity index (χ0n) is 12.7. The Morgan fingerprint density at radius 2 is 2.10 bits per heavy atom. The fourth-order valence-electron chi connectivity index (χ4n) is 2.89. The van der Waals surface area contributed by atoms with Gasteiger partial charge in [-0.15, -0.1) is 0 Å². The van der Waals surface area contributed by atoms with Gasteiger partial charge in [0.05, 0.1) is 18.8 Å². The number of methoxy groups -OCH3 is 1. The molecule has 1 fully saturated rings. The molecule has 0 saturated carbocycles. The maximum Gasteiger partial charge on any atom is 0.357 e. The number of aromatic nitrogens is 2. The van der Waals surface area contributed by atoms with Crippen molar-refractivity contribution in [3.05, 3.63) is 22.8 Å². The molecule has 3 heterocycles. The van der Waals surface area contributed by atoms with Gasteiger partial charge >= 0.3 is 5.97 Å². The smallest absolute Gasteiger partial charge is 0.357 e. The van der Waals surface area contributed by atoms with E-state index in [1.54, 1.807) is 0 Å². The number of esters is 1. The number of piperazine rings is 1. The standard InChI is InChI=1S/C14H21N5O2/c1-18-4-5-19(2)11(8-18)13-16-10-7-15-6-9(10)12(17-13)14(20)21-3/h11,15H,4-8H2,1-3H3. The van der Waals surface area contributed by atoms with Gasteiger partial charge in [-0.25, -0.2) is 14.8 Å². The molecule has 0 aliphatic carbocycles. The zero-order chi connectivity index (χ0) is 15.0. The summed E-state index contributed by atoms with van der Waals surface area (Å²) in [5, 5.41) is 3.22. The summed E-state index contributed by atoms with van der Waals surface area (Å²) in [4.78, 5) is 25.7. The third kappa shape index (κ3) is 2.64. The Labute approximate surface area is 124 Å². The average molecular weight is 291 g/mol. The van der Waals surface area contributed by atoms with Crippen molar-refractivity contribution in [3.8, 4) is 0 Å². The summed E-state index contributed by atoms with van der Waals surface area (Å²) in [6, 6.07) is 0.109. The van der Waals surface area contributed by atoms with Crippen molar-refractivity contribution in [1.29, 1.82) is 0 Å². The third-order valence-corrected chi connectivity index (χ3v) is 4.23. The minimum absolute atomic E-state index is 0.109. The maximum absolute atomic E-state index is 12.0. The van der Waals surface area contributed by atoms with Crippen molar-refractivity contribution in [2.75, 3.05) is 40.8 Å². The molecule has 0 amide bonds. The van der Waals surface area contributed by atoms with E-state index < -0.39 is 0 Å². The van der Waals surface area contributed by atoms with Crippen molar-refractivity contribution < 1.29 is 9.53 Å². The minimum Gasteiger partial charge on any atom is -0.464 e. The maximum atomic E-state index is 12.0. The monoisotopic (exact) mass is 291 g/mol. The molecule has 1 unspecified atom stereocenters. The van der Waals surface area contributed by atoms with E-state index >= 15 is 0 Å². The molecule has 1 aromatic rings. The number of fused-ring (bicyclic) bond motifs is 1. The molecule has 1 atom stereocenters. The summed E-state index contributed by atoms with van der Waals surface area (Å²) in [5.74, 6) is 0.331. The molecule has 3 rings (SSSR count). The molecule has 2 aliphatic rings. The van der Waals surface area contributed by atoms with Crippen LogP contribution in [-0.4, -0.2) is 66.6 Å². The van der Waals surface area contributed by atoms with E-state index in [0.29, 0.717) is 24.6 Å². The Kier molecular flexibility index (Phi) is 3.88. The molecular weight excluding hydrogens is 270 g/mol. The molecular formula is C14H21N5O2. The Bertz CT molecular complexity index is 563. The van der Waals surface area contributed by atoms with Gasteiger partial charge in [-0.2, -0.15) is 0 Å². The van der Waals surface area contributed by atoms with Crippen LogP contribution in [0.15, 0.2) is 0 Å². The van der Waals surface area contributed by atoms with E-state index in [1.165, 1.54) is 7.11 Å². The van der Waals surface area contributed by atoms with Gasteiger partial charge in [-0.1, -0.05) is 0 Å². The van der Waals surface area contributed by atoms with E-state index in [1.807, 2.05) is 0 Å². The van der Waals surface area contributed by atoms with Crippen LogP contribution >= 0.6 is 0 Å². The summed E-state index contributed by atoms with van der Waals surface area (Å²) in [5.41, 5.74) is 2.20. The number of hydrogen-bond donors (Lipinski definition) is 1. The molecule has 7 heteroatoms. The van der Waals surface area contributed by atoms with E-state index in [4.69, 9.17) is 4.74 Å². The van der Waals surface area contributed by atoms with Crippen LogP contribution < -0.4 is 5.32 Å². The van der Waals surface area contributed by atoms with Gasteiger partial charge in [0.2, 0.25) is 0 Å². The molecule has 0 radical (unpaired) electrons. The average Bonchev–Trinajstić information content (AvgIpc) is 2.96. The van der Waals surface area contributed by atoms with Crippen molar-refractivity contribution in [2.45, 2.75) is 19.1 Å². The third-order valence-electron chi connectivity index (χ3n) is 4.23. The van der Waals surface area contributed by atoms with Gasteiger partial charge < -0.3 is 15.0 Å². The quantitative estimate of drug-likeness (QED) is 0.756. The van der Waals surface area contributed by atoms with Crippen LogP contribution in [0.1, 0.15) is 33.6 Å². The van der Waals surface area contributed by atoms with Crippen molar-refractivity contribution in [3.63, 3.8) is 0 Å². The first kappa shape index (κ1) is 14.4. The summed E-state index contributed by atoms with van der Waals surface area (Å²) in [6.45, 7) is 4.17. The van der Waals surface area contributed by atoms with Gasteiger partial charge in [0.1, 0.15) is 5.82 Å². The molecule has 1 aromatic heterocycles. The highest BCUT2D eigenvalue weighted by atomic mass is 16.5. The lowest BCUT2D eigenvalue weighted by Gasteiger charge is -2.36. The van der Waals surface area contributed by atoms with Crippen LogP contribution in [0.4, 0.5) is 0 Å². The summed E-state index contributed by atoms with van der Waals surface area (Å²) >= 11 is 0. The topological polar surface area (TPSA) is 70.6 Å². The fraction of sp³-hybridized carbons (Fsp3) is 0.643. The van der Waals surface area contributed by atoms with Crippen LogP contribution in [0.2, 0.25) is 0 Å².